The summed E-state index contributed by atoms with van der Waals surface area (Å²) < 4.78 is 15.9. The lowest BCUT2D eigenvalue weighted by Gasteiger charge is -2.19. The highest BCUT2D eigenvalue weighted by Gasteiger charge is 2.13. The second-order valence-corrected chi connectivity index (χ2v) is 5.03. The summed E-state index contributed by atoms with van der Waals surface area (Å²) in [5.41, 5.74) is 0.980. The highest BCUT2D eigenvalue weighted by Crippen LogP contribution is 2.32. The van der Waals surface area contributed by atoms with Crippen molar-refractivity contribution < 1.29 is 19.0 Å². The molecule has 0 saturated carbocycles. The van der Waals surface area contributed by atoms with Crippen LogP contribution in [0.5, 0.6) is 11.5 Å². The van der Waals surface area contributed by atoms with E-state index in [4.69, 9.17) is 14.2 Å². The molecule has 0 atom stereocenters. The monoisotopic (exact) mass is 330 g/mol. The Labute approximate surface area is 139 Å². The highest BCUT2D eigenvalue weighted by molar-refractivity contribution is 6.04. The van der Waals surface area contributed by atoms with Crippen LogP contribution in [0, 0.1) is 0 Å². The number of fused-ring (bicyclic) bond motifs is 1. The summed E-state index contributed by atoms with van der Waals surface area (Å²) in [5, 5.41) is 5.77. The molecule has 2 aromatic rings. The van der Waals surface area contributed by atoms with E-state index < -0.39 is 0 Å². The maximum Gasteiger partial charge on any atom is 0.258 e. The molecule has 8 heteroatoms. The smallest absolute Gasteiger partial charge is 0.258 e. The molecule has 2 N–H and O–H groups in total. The number of anilines is 2. The molecule has 0 fully saturated rings. The Bertz CT molecular complexity index is 706. The summed E-state index contributed by atoms with van der Waals surface area (Å²) in [6, 6.07) is 5.25. The molecule has 126 valence electrons. The summed E-state index contributed by atoms with van der Waals surface area (Å²) in [5.74, 6) is 1.44. The van der Waals surface area contributed by atoms with E-state index in [9.17, 15) is 4.79 Å². The molecule has 24 heavy (non-hydrogen) atoms. The van der Waals surface area contributed by atoms with Gasteiger partial charge in [-0.15, -0.1) is 0 Å². The summed E-state index contributed by atoms with van der Waals surface area (Å²) in [6.07, 6.45) is 2.94. The fraction of sp³-hybridized carbons (Fsp3) is 0.312. The van der Waals surface area contributed by atoms with Gasteiger partial charge in [-0.1, -0.05) is 0 Å². The Balaban J connectivity index is 1.62. The molecule has 1 aromatic carbocycles. The van der Waals surface area contributed by atoms with Gasteiger partial charge in [0.1, 0.15) is 13.2 Å². The van der Waals surface area contributed by atoms with Crippen molar-refractivity contribution in [3.05, 3.63) is 36.2 Å². The molecule has 0 radical (unpaired) electrons. The lowest BCUT2D eigenvalue weighted by atomic mass is 10.2. The molecule has 0 aliphatic carbocycles. The Morgan fingerprint density at radius 2 is 1.96 bits per heavy atom. The first-order valence-electron chi connectivity index (χ1n) is 7.52. The number of hydrogen-bond acceptors (Lipinski definition) is 7. The number of ether oxygens (including phenoxy) is 3. The number of nitrogens with one attached hydrogen (secondary N) is 2. The minimum absolute atomic E-state index is 0.296. The van der Waals surface area contributed by atoms with Crippen LogP contribution in [0.1, 0.15) is 10.4 Å². The van der Waals surface area contributed by atoms with E-state index in [1.165, 1.54) is 12.4 Å². The Hall–Kier alpha value is -2.87. The molecule has 1 aliphatic heterocycles. The quantitative estimate of drug-likeness (QED) is 0.776. The van der Waals surface area contributed by atoms with Crippen molar-refractivity contribution in [1.29, 1.82) is 0 Å². The molecule has 8 nitrogen and oxygen atoms in total. The number of amides is 1. The summed E-state index contributed by atoms with van der Waals surface area (Å²) in [4.78, 5) is 20.5. The van der Waals surface area contributed by atoms with Crippen molar-refractivity contribution in [2.45, 2.75) is 0 Å². The molecule has 1 amide bonds. The van der Waals surface area contributed by atoms with E-state index in [1.54, 1.807) is 25.3 Å². The fourth-order valence-electron chi connectivity index (χ4n) is 2.13. The average Bonchev–Trinajstić information content (AvgIpc) is 2.62. The van der Waals surface area contributed by atoms with Crippen LogP contribution < -0.4 is 20.1 Å². The SMILES string of the molecule is COCCNc1ncc(C(=O)Nc2ccc3c(c2)OCCO3)cn1. The van der Waals surface area contributed by atoms with Gasteiger partial charge in [0, 0.05) is 37.8 Å². The minimum atomic E-state index is -0.296. The second-order valence-electron chi connectivity index (χ2n) is 5.03. The van der Waals surface area contributed by atoms with E-state index in [-0.39, 0.29) is 5.91 Å². The number of nitrogens with zero attached hydrogens (tertiary/aromatic N) is 2. The zero-order chi connectivity index (χ0) is 16.8. The zero-order valence-electron chi connectivity index (χ0n) is 13.2. The van der Waals surface area contributed by atoms with Crippen LogP contribution in [0.2, 0.25) is 0 Å². The van der Waals surface area contributed by atoms with E-state index in [0.29, 0.717) is 55.1 Å². The van der Waals surface area contributed by atoms with Crippen molar-refractivity contribution >= 4 is 17.5 Å². The lowest BCUT2D eigenvalue weighted by Crippen LogP contribution is -2.17. The van der Waals surface area contributed by atoms with Gasteiger partial charge in [-0.2, -0.15) is 0 Å². The molecule has 1 aromatic heterocycles. The molecule has 0 unspecified atom stereocenters. The van der Waals surface area contributed by atoms with Gasteiger partial charge in [-0.3, -0.25) is 4.79 Å². The second kappa shape index (κ2) is 7.60. The standard InChI is InChI=1S/C16H18N4O4/c1-22-5-4-17-16-18-9-11(10-19-16)15(21)20-12-2-3-13-14(8-12)24-7-6-23-13/h2-3,8-10H,4-7H2,1H3,(H,20,21)(H,17,18,19). The van der Waals surface area contributed by atoms with E-state index in [1.807, 2.05) is 0 Å². The van der Waals surface area contributed by atoms with Gasteiger partial charge in [0.05, 0.1) is 12.2 Å². The first-order valence-corrected chi connectivity index (χ1v) is 7.52. The largest absolute Gasteiger partial charge is 0.486 e. The maximum atomic E-state index is 12.3. The number of hydrogen-bond donors (Lipinski definition) is 2. The minimum Gasteiger partial charge on any atom is -0.486 e. The number of methoxy groups -OCH3 is 1. The first-order chi connectivity index (χ1) is 11.8. The van der Waals surface area contributed by atoms with Crippen molar-refractivity contribution in [2.75, 3.05) is 44.1 Å². The summed E-state index contributed by atoms with van der Waals surface area (Å²) in [7, 11) is 1.62. The van der Waals surface area contributed by atoms with Gasteiger partial charge in [-0.25, -0.2) is 9.97 Å². The van der Waals surface area contributed by atoms with Gasteiger partial charge < -0.3 is 24.8 Å². The van der Waals surface area contributed by atoms with Crippen LogP contribution in [0.25, 0.3) is 0 Å². The van der Waals surface area contributed by atoms with Crippen molar-refractivity contribution in [2.24, 2.45) is 0 Å². The van der Waals surface area contributed by atoms with Crippen LogP contribution in [0.4, 0.5) is 11.6 Å². The molecule has 0 bridgehead atoms. The van der Waals surface area contributed by atoms with Crippen LogP contribution in [0.15, 0.2) is 30.6 Å². The number of benzene rings is 1. The summed E-state index contributed by atoms with van der Waals surface area (Å²) in [6.45, 7) is 2.17. The molecular weight excluding hydrogens is 312 g/mol. The van der Waals surface area contributed by atoms with Gasteiger partial charge in [0.25, 0.3) is 5.91 Å². The number of carbonyl (C=O) groups is 1. The number of carbonyl (C=O) groups excluding carboxylic acids is 1. The van der Waals surface area contributed by atoms with E-state index in [2.05, 4.69) is 20.6 Å². The van der Waals surface area contributed by atoms with Gasteiger partial charge >= 0.3 is 0 Å². The topological polar surface area (TPSA) is 94.6 Å². The van der Waals surface area contributed by atoms with Crippen molar-refractivity contribution in [1.82, 2.24) is 9.97 Å². The van der Waals surface area contributed by atoms with Crippen LogP contribution in [-0.2, 0) is 4.74 Å². The number of rotatable bonds is 6. The average molecular weight is 330 g/mol. The predicted octanol–water partition coefficient (Wildman–Crippen LogP) is 1.56. The summed E-state index contributed by atoms with van der Waals surface area (Å²) >= 11 is 0. The predicted molar refractivity (Wildman–Crippen MR) is 87.8 cm³/mol. The molecule has 0 spiro atoms. The number of aromatic nitrogens is 2. The van der Waals surface area contributed by atoms with Crippen LogP contribution in [-0.4, -0.2) is 49.4 Å². The van der Waals surface area contributed by atoms with E-state index in [0.717, 1.165) is 0 Å². The molecule has 2 heterocycles. The van der Waals surface area contributed by atoms with Gasteiger partial charge in [-0.05, 0) is 12.1 Å². The molecular formula is C16H18N4O4. The zero-order valence-corrected chi connectivity index (χ0v) is 13.2. The third-order valence-corrected chi connectivity index (χ3v) is 3.30. The lowest BCUT2D eigenvalue weighted by molar-refractivity contribution is 0.102. The normalized spacial score (nSPS) is 12.5. The molecule has 0 saturated heterocycles. The van der Waals surface area contributed by atoms with Gasteiger partial charge in [0.2, 0.25) is 5.95 Å². The Morgan fingerprint density at radius 1 is 1.21 bits per heavy atom. The highest BCUT2D eigenvalue weighted by atomic mass is 16.6. The molecule has 3 rings (SSSR count). The maximum absolute atomic E-state index is 12.3. The fourth-order valence-corrected chi connectivity index (χ4v) is 2.13. The van der Waals surface area contributed by atoms with Crippen molar-refractivity contribution in [3.8, 4) is 11.5 Å². The van der Waals surface area contributed by atoms with Gasteiger partial charge in [0.15, 0.2) is 11.5 Å². The van der Waals surface area contributed by atoms with Crippen LogP contribution in [0.3, 0.4) is 0 Å². The Kier molecular flexibility index (Phi) is 5.07. The van der Waals surface area contributed by atoms with Crippen molar-refractivity contribution in [3.63, 3.8) is 0 Å². The Morgan fingerprint density at radius 3 is 2.71 bits per heavy atom. The van der Waals surface area contributed by atoms with E-state index >= 15 is 0 Å². The third-order valence-electron chi connectivity index (χ3n) is 3.30. The first kappa shape index (κ1) is 16.0. The molecule has 1 aliphatic rings. The third kappa shape index (κ3) is 3.90. The van der Waals surface area contributed by atoms with Crippen LogP contribution >= 0.6 is 0 Å².